The third-order valence-corrected chi connectivity index (χ3v) is 5.90. The largest absolute Gasteiger partial charge is 0.279 e. The molecule has 0 radical (unpaired) electrons. The molecule has 112 valence electrons. The molecule has 0 aliphatic heterocycles. The Kier molecular flexibility index (Phi) is 4.80. The van der Waals surface area contributed by atoms with Crippen LogP contribution in [0.5, 0.6) is 0 Å². The molecule has 0 aromatic heterocycles. The van der Waals surface area contributed by atoms with Crippen LogP contribution in [-0.4, -0.2) is 8.42 Å². The average Bonchev–Trinajstić information content (AvgIpc) is 2.33. The van der Waals surface area contributed by atoms with Crippen LogP contribution in [0.4, 0.5) is 5.69 Å². The number of sulfonamides is 1. The molecule has 0 saturated heterocycles. The Morgan fingerprint density at radius 3 is 2.05 bits per heavy atom. The van der Waals surface area contributed by atoms with Crippen molar-refractivity contribution in [3.05, 3.63) is 56.0 Å². The van der Waals surface area contributed by atoms with Crippen LogP contribution in [0.15, 0.2) is 44.2 Å². The second-order valence-corrected chi connectivity index (χ2v) is 8.37. The lowest BCUT2D eigenvalue weighted by molar-refractivity contribution is 0.600. The summed E-state index contributed by atoms with van der Waals surface area (Å²) in [5, 5.41) is 0. The van der Waals surface area contributed by atoms with Crippen molar-refractivity contribution in [1.82, 2.24) is 0 Å². The Balaban J connectivity index is 2.47. The van der Waals surface area contributed by atoms with E-state index in [-0.39, 0.29) is 4.90 Å². The predicted octanol–water partition coefficient (Wildman–Crippen LogP) is 4.94. The summed E-state index contributed by atoms with van der Waals surface area (Å²) in [6, 6.07) is 8.94. The zero-order valence-corrected chi connectivity index (χ0v) is 15.9. The summed E-state index contributed by atoms with van der Waals surface area (Å²) >= 11 is 6.72. The van der Waals surface area contributed by atoms with E-state index < -0.39 is 10.0 Å². The molecule has 0 atom stereocenters. The van der Waals surface area contributed by atoms with E-state index >= 15 is 0 Å². The zero-order chi connectivity index (χ0) is 15.8. The number of rotatable bonds is 3. The maximum atomic E-state index is 12.6. The van der Waals surface area contributed by atoms with Crippen LogP contribution in [0.25, 0.3) is 0 Å². The summed E-state index contributed by atoms with van der Waals surface area (Å²) in [7, 11) is -3.63. The van der Waals surface area contributed by atoms with E-state index in [1.807, 2.05) is 32.9 Å². The van der Waals surface area contributed by atoms with Gasteiger partial charge in [-0.25, -0.2) is 8.42 Å². The number of halogens is 2. The van der Waals surface area contributed by atoms with Crippen LogP contribution < -0.4 is 4.72 Å². The average molecular weight is 433 g/mol. The van der Waals surface area contributed by atoms with E-state index in [0.29, 0.717) is 10.2 Å². The van der Waals surface area contributed by atoms with E-state index in [0.717, 1.165) is 21.2 Å². The first-order chi connectivity index (χ1) is 9.70. The maximum Gasteiger partial charge on any atom is 0.263 e. The maximum absolute atomic E-state index is 12.6. The van der Waals surface area contributed by atoms with Gasteiger partial charge in [-0.1, -0.05) is 22.0 Å². The second-order valence-electron chi connectivity index (χ2n) is 4.95. The van der Waals surface area contributed by atoms with E-state index in [1.54, 1.807) is 18.2 Å². The summed E-state index contributed by atoms with van der Waals surface area (Å²) in [6.45, 7) is 5.66. The molecule has 0 spiro atoms. The third kappa shape index (κ3) is 3.67. The van der Waals surface area contributed by atoms with E-state index in [2.05, 4.69) is 36.6 Å². The quantitative estimate of drug-likeness (QED) is 0.746. The molecule has 1 N–H and O–H groups in total. The van der Waals surface area contributed by atoms with Crippen molar-refractivity contribution in [1.29, 1.82) is 0 Å². The third-order valence-electron chi connectivity index (χ3n) is 3.11. The van der Waals surface area contributed by atoms with E-state index in [1.165, 1.54) is 0 Å². The Hall–Kier alpha value is -0.850. The lowest BCUT2D eigenvalue weighted by Crippen LogP contribution is -2.15. The molecule has 0 bridgehead atoms. The number of anilines is 1. The molecule has 0 aliphatic carbocycles. The highest BCUT2D eigenvalue weighted by molar-refractivity contribution is 9.10. The standard InChI is InChI=1S/C15H15Br2NO2S/c1-9-4-5-14(13(17)6-9)21(19,20)18-15-10(2)7-12(16)8-11(15)3/h4-8,18H,1-3H3. The summed E-state index contributed by atoms with van der Waals surface area (Å²) < 4.78 is 29.3. The molecule has 0 unspecified atom stereocenters. The van der Waals surface area contributed by atoms with Crippen LogP contribution in [0.1, 0.15) is 16.7 Å². The van der Waals surface area contributed by atoms with Gasteiger partial charge < -0.3 is 0 Å². The molecule has 0 amide bonds. The van der Waals surface area contributed by atoms with Gasteiger partial charge in [-0.3, -0.25) is 4.72 Å². The molecule has 0 aliphatic rings. The van der Waals surface area contributed by atoms with Gasteiger partial charge in [0.25, 0.3) is 10.0 Å². The van der Waals surface area contributed by atoms with Crippen LogP contribution in [0.2, 0.25) is 0 Å². The predicted molar refractivity (Wildman–Crippen MR) is 93.3 cm³/mol. The van der Waals surface area contributed by atoms with Gasteiger partial charge in [-0.05, 0) is 77.7 Å². The van der Waals surface area contributed by atoms with Crippen LogP contribution in [-0.2, 0) is 10.0 Å². The normalized spacial score (nSPS) is 11.5. The number of aryl methyl sites for hydroxylation is 3. The highest BCUT2D eigenvalue weighted by Crippen LogP contribution is 2.29. The van der Waals surface area contributed by atoms with Crippen molar-refractivity contribution < 1.29 is 8.42 Å². The Morgan fingerprint density at radius 2 is 1.52 bits per heavy atom. The molecule has 0 saturated carbocycles. The molecule has 2 aromatic rings. The van der Waals surface area contributed by atoms with Crippen LogP contribution in [0.3, 0.4) is 0 Å². The highest BCUT2D eigenvalue weighted by Gasteiger charge is 2.19. The summed E-state index contributed by atoms with van der Waals surface area (Å²) in [6.07, 6.45) is 0. The molecular weight excluding hydrogens is 418 g/mol. The molecule has 2 aromatic carbocycles. The van der Waals surface area contributed by atoms with Crippen molar-refractivity contribution >= 4 is 47.6 Å². The van der Waals surface area contributed by atoms with Gasteiger partial charge in [0, 0.05) is 8.95 Å². The van der Waals surface area contributed by atoms with Crippen molar-refractivity contribution in [3.8, 4) is 0 Å². The van der Waals surface area contributed by atoms with Gasteiger partial charge in [0.1, 0.15) is 4.90 Å². The first-order valence-electron chi connectivity index (χ1n) is 6.26. The zero-order valence-electron chi connectivity index (χ0n) is 11.9. The van der Waals surface area contributed by atoms with Gasteiger partial charge in [0.15, 0.2) is 0 Å². The van der Waals surface area contributed by atoms with Crippen molar-refractivity contribution in [3.63, 3.8) is 0 Å². The van der Waals surface area contributed by atoms with Gasteiger partial charge in [0.05, 0.1) is 5.69 Å². The first kappa shape index (κ1) is 16.5. The smallest absolute Gasteiger partial charge is 0.263 e. The van der Waals surface area contributed by atoms with E-state index in [4.69, 9.17) is 0 Å². The second kappa shape index (κ2) is 6.10. The minimum Gasteiger partial charge on any atom is -0.279 e. The monoisotopic (exact) mass is 431 g/mol. The van der Waals surface area contributed by atoms with Crippen molar-refractivity contribution in [2.75, 3.05) is 4.72 Å². The molecule has 2 rings (SSSR count). The Bertz CT molecular complexity index is 778. The molecule has 3 nitrogen and oxygen atoms in total. The molecule has 21 heavy (non-hydrogen) atoms. The van der Waals surface area contributed by atoms with Gasteiger partial charge >= 0.3 is 0 Å². The number of hydrogen-bond acceptors (Lipinski definition) is 2. The summed E-state index contributed by atoms with van der Waals surface area (Å²) in [5.74, 6) is 0. The Morgan fingerprint density at radius 1 is 0.952 bits per heavy atom. The SMILES string of the molecule is Cc1ccc(S(=O)(=O)Nc2c(C)cc(Br)cc2C)c(Br)c1. The minimum atomic E-state index is -3.63. The molecule has 0 heterocycles. The fraction of sp³-hybridized carbons (Fsp3) is 0.200. The fourth-order valence-electron chi connectivity index (χ4n) is 2.08. The number of hydrogen-bond donors (Lipinski definition) is 1. The van der Waals surface area contributed by atoms with Gasteiger partial charge in [-0.15, -0.1) is 0 Å². The first-order valence-corrected chi connectivity index (χ1v) is 9.33. The lowest BCUT2D eigenvalue weighted by atomic mass is 10.1. The van der Waals surface area contributed by atoms with E-state index in [9.17, 15) is 8.42 Å². The molecular formula is C15H15Br2NO2S. The number of nitrogens with one attached hydrogen (secondary N) is 1. The minimum absolute atomic E-state index is 0.231. The van der Waals surface area contributed by atoms with Crippen molar-refractivity contribution in [2.24, 2.45) is 0 Å². The fourth-order valence-corrected chi connectivity index (χ4v) is 5.17. The topological polar surface area (TPSA) is 46.2 Å². The molecule has 0 fully saturated rings. The van der Waals surface area contributed by atoms with Gasteiger partial charge in [-0.2, -0.15) is 0 Å². The molecule has 6 heteroatoms. The summed E-state index contributed by atoms with van der Waals surface area (Å²) in [5.41, 5.74) is 3.35. The highest BCUT2D eigenvalue weighted by atomic mass is 79.9. The lowest BCUT2D eigenvalue weighted by Gasteiger charge is -2.15. The Labute approximate surface area is 142 Å². The number of benzene rings is 2. The van der Waals surface area contributed by atoms with Crippen LogP contribution in [0, 0.1) is 20.8 Å². The van der Waals surface area contributed by atoms with Crippen LogP contribution >= 0.6 is 31.9 Å². The van der Waals surface area contributed by atoms with Crippen molar-refractivity contribution in [2.45, 2.75) is 25.7 Å². The summed E-state index contributed by atoms with van der Waals surface area (Å²) in [4.78, 5) is 0.231. The van der Waals surface area contributed by atoms with Gasteiger partial charge in [0.2, 0.25) is 0 Å².